The molecule has 1 N–H and O–H groups in total. The second-order valence-corrected chi connectivity index (χ2v) is 9.03. The topological polar surface area (TPSA) is 102 Å². The minimum absolute atomic E-state index is 0.0314. The minimum Gasteiger partial charge on any atom is -0.285 e. The molecule has 3 aromatic rings. The molecule has 1 aliphatic carbocycles. The van der Waals surface area contributed by atoms with Crippen molar-refractivity contribution in [3.63, 3.8) is 0 Å². The Kier molecular flexibility index (Phi) is 5.13. The van der Waals surface area contributed by atoms with E-state index in [4.69, 9.17) is 11.6 Å². The summed E-state index contributed by atoms with van der Waals surface area (Å²) in [6.45, 7) is 3.48. The molecule has 0 amide bonds. The molecular formula is C21H17ClN4O3S. The summed E-state index contributed by atoms with van der Waals surface area (Å²) >= 11 is 6.01. The maximum atomic E-state index is 13.2. The maximum Gasteiger partial charge on any atom is 0.261 e. The average molecular weight is 441 g/mol. The molecule has 0 saturated heterocycles. The first-order valence-corrected chi connectivity index (χ1v) is 10.9. The predicted octanol–water partition coefficient (Wildman–Crippen LogP) is 3.74. The minimum atomic E-state index is -3.97. The number of halogens is 1. The Bertz CT molecular complexity index is 1320. The van der Waals surface area contributed by atoms with Crippen LogP contribution in [0.4, 0.5) is 5.69 Å². The van der Waals surface area contributed by atoms with Crippen molar-refractivity contribution in [3.8, 4) is 0 Å². The number of carbonyl (C=O) groups is 1. The van der Waals surface area contributed by atoms with E-state index in [0.717, 1.165) is 5.69 Å². The van der Waals surface area contributed by atoms with Crippen LogP contribution in [0.5, 0.6) is 0 Å². The van der Waals surface area contributed by atoms with Gasteiger partial charge in [-0.05, 0) is 49.2 Å². The summed E-state index contributed by atoms with van der Waals surface area (Å²) in [5.74, 6) is -0.481. The van der Waals surface area contributed by atoms with E-state index in [9.17, 15) is 13.2 Å². The van der Waals surface area contributed by atoms with E-state index in [2.05, 4.69) is 19.7 Å². The van der Waals surface area contributed by atoms with Crippen LogP contribution in [0.1, 0.15) is 38.6 Å². The normalized spacial score (nSPS) is 12.6. The fourth-order valence-electron chi connectivity index (χ4n) is 3.17. The monoisotopic (exact) mass is 440 g/mol. The van der Waals surface area contributed by atoms with Gasteiger partial charge in [-0.1, -0.05) is 23.8 Å². The van der Waals surface area contributed by atoms with Gasteiger partial charge in [-0.25, -0.2) is 18.4 Å². The zero-order chi connectivity index (χ0) is 21.5. The van der Waals surface area contributed by atoms with Gasteiger partial charge in [0.2, 0.25) is 5.78 Å². The second kappa shape index (κ2) is 7.62. The van der Waals surface area contributed by atoms with E-state index >= 15 is 0 Å². The summed E-state index contributed by atoms with van der Waals surface area (Å²) in [6.07, 6.45) is 7.14. The van der Waals surface area contributed by atoms with Crippen LogP contribution in [0, 0.1) is 13.8 Å². The number of rotatable bonds is 5. The lowest BCUT2D eigenvalue weighted by Gasteiger charge is -2.13. The van der Waals surface area contributed by atoms with Crippen LogP contribution < -0.4 is 4.72 Å². The first-order chi connectivity index (χ1) is 14.3. The molecule has 1 aliphatic rings. The Hall–Kier alpha value is -3.10. The van der Waals surface area contributed by atoms with E-state index in [1.807, 2.05) is 6.08 Å². The van der Waals surface area contributed by atoms with Gasteiger partial charge in [-0.15, -0.1) is 0 Å². The summed E-state index contributed by atoms with van der Waals surface area (Å²) in [6, 6.07) is 5.96. The molecule has 2 heterocycles. The molecule has 0 atom stereocenters. The molecule has 0 radical (unpaired) electrons. The third-order valence-electron chi connectivity index (χ3n) is 4.70. The van der Waals surface area contributed by atoms with Crippen molar-refractivity contribution in [2.75, 3.05) is 4.72 Å². The lowest BCUT2D eigenvalue weighted by Crippen LogP contribution is -2.18. The summed E-state index contributed by atoms with van der Waals surface area (Å²) < 4.78 is 28.4. The molecule has 7 nitrogen and oxygen atoms in total. The van der Waals surface area contributed by atoms with Gasteiger partial charge in [0, 0.05) is 23.2 Å². The molecule has 0 spiro atoms. The number of pyridine rings is 1. The molecule has 0 fully saturated rings. The van der Waals surface area contributed by atoms with Crippen LogP contribution in [0.15, 0.2) is 47.8 Å². The first-order valence-electron chi connectivity index (χ1n) is 9.07. The molecule has 30 heavy (non-hydrogen) atoms. The third-order valence-corrected chi connectivity index (χ3v) is 6.49. The van der Waals surface area contributed by atoms with E-state index in [1.54, 1.807) is 26.0 Å². The Morgan fingerprint density at radius 3 is 2.67 bits per heavy atom. The lowest BCUT2D eigenvalue weighted by atomic mass is 10.1. The number of aromatic nitrogens is 3. The summed E-state index contributed by atoms with van der Waals surface area (Å²) in [4.78, 5) is 25.8. The molecule has 1 aromatic carbocycles. The van der Waals surface area contributed by atoms with Crippen molar-refractivity contribution in [1.29, 1.82) is 0 Å². The standard InChI is InChI=1S/C21H17ClN4O3S/c1-12-8-18(26-30(28,29)14-6-7-16(22)13(2)9-14)20(23-10-12)21(27)19-15-4-3-5-17(15)24-11-25-19/h3-4,6-11,26H,5H2,1-2H3. The van der Waals surface area contributed by atoms with E-state index in [-0.39, 0.29) is 22.0 Å². The number of hydrogen-bond donors (Lipinski definition) is 1. The Morgan fingerprint density at radius 1 is 1.10 bits per heavy atom. The second-order valence-electron chi connectivity index (χ2n) is 6.94. The van der Waals surface area contributed by atoms with Gasteiger partial charge in [0.15, 0.2) is 0 Å². The van der Waals surface area contributed by atoms with E-state index in [1.165, 1.54) is 30.7 Å². The zero-order valence-electron chi connectivity index (χ0n) is 16.2. The molecule has 2 aromatic heterocycles. The maximum absolute atomic E-state index is 13.2. The molecule has 0 saturated carbocycles. The molecule has 0 unspecified atom stereocenters. The van der Waals surface area contributed by atoms with Crippen LogP contribution in [0.2, 0.25) is 5.02 Å². The van der Waals surface area contributed by atoms with Crippen LogP contribution in [-0.2, 0) is 16.4 Å². The third kappa shape index (κ3) is 3.71. The van der Waals surface area contributed by atoms with Gasteiger partial charge in [0.1, 0.15) is 17.7 Å². The number of hydrogen-bond acceptors (Lipinski definition) is 6. The molecule has 9 heteroatoms. The molecule has 0 bridgehead atoms. The van der Waals surface area contributed by atoms with Crippen LogP contribution >= 0.6 is 11.6 Å². The van der Waals surface area contributed by atoms with Crippen molar-refractivity contribution in [1.82, 2.24) is 15.0 Å². The van der Waals surface area contributed by atoms with Gasteiger partial charge in [-0.3, -0.25) is 14.5 Å². The number of allylic oxidation sites excluding steroid dienone is 1. The Morgan fingerprint density at radius 2 is 1.90 bits per heavy atom. The van der Waals surface area contributed by atoms with Gasteiger partial charge in [0.25, 0.3) is 10.0 Å². The average Bonchev–Trinajstić information content (AvgIpc) is 3.18. The highest BCUT2D eigenvalue weighted by molar-refractivity contribution is 7.92. The number of anilines is 1. The van der Waals surface area contributed by atoms with Gasteiger partial charge in [0.05, 0.1) is 16.3 Å². The quantitative estimate of drug-likeness (QED) is 0.606. The van der Waals surface area contributed by atoms with Crippen LogP contribution in [-0.4, -0.2) is 29.2 Å². The molecular weight excluding hydrogens is 424 g/mol. The lowest BCUT2D eigenvalue weighted by molar-refractivity contribution is 0.103. The molecule has 0 aliphatic heterocycles. The van der Waals surface area contributed by atoms with Crippen molar-refractivity contribution in [3.05, 3.63) is 81.7 Å². The van der Waals surface area contributed by atoms with E-state index < -0.39 is 15.8 Å². The van der Waals surface area contributed by atoms with Crippen molar-refractivity contribution in [2.24, 2.45) is 0 Å². The number of nitrogens with one attached hydrogen (secondary N) is 1. The van der Waals surface area contributed by atoms with Gasteiger partial charge in [-0.2, -0.15) is 0 Å². The largest absolute Gasteiger partial charge is 0.285 e. The SMILES string of the molecule is Cc1cnc(C(=O)c2ncnc3c2C=CC3)c(NS(=O)(=O)c2ccc(Cl)c(C)c2)c1. The number of ketones is 1. The number of nitrogens with zero attached hydrogens (tertiary/aromatic N) is 3. The Balaban J connectivity index is 1.76. The zero-order valence-corrected chi connectivity index (χ0v) is 17.8. The van der Waals surface area contributed by atoms with Crippen molar-refractivity contribution in [2.45, 2.75) is 25.2 Å². The Labute approximate surface area is 178 Å². The number of benzene rings is 1. The number of carbonyl (C=O) groups excluding carboxylic acids is 1. The predicted molar refractivity (Wildman–Crippen MR) is 114 cm³/mol. The highest BCUT2D eigenvalue weighted by Gasteiger charge is 2.25. The highest BCUT2D eigenvalue weighted by Crippen LogP contribution is 2.27. The van der Waals surface area contributed by atoms with Crippen LogP contribution in [0.25, 0.3) is 6.08 Å². The molecule has 4 rings (SSSR count). The number of sulfonamides is 1. The van der Waals surface area contributed by atoms with Crippen molar-refractivity contribution < 1.29 is 13.2 Å². The fraction of sp³-hybridized carbons (Fsp3) is 0.143. The highest BCUT2D eigenvalue weighted by atomic mass is 35.5. The van der Waals surface area contributed by atoms with Gasteiger partial charge >= 0.3 is 0 Å². The van der Waals surface area contributed by atoms with E-state index in [0.29, 0.717) is 28.1 Å². The number of aryl methyl sites for hydroxylation is 2. The fourth-order valence-corrected chi connectivity index (χ4v) is 4.43. The molecule has 152 valence electrons. The number of fused-ring (bicyclic) bond motifs is 1. The van der Waals surface area contributed by atoms with Crippen LogP contribution in [0.3, 0.4) is 0 Å². The van der Waals surface area contributed by atoms with Gasteiger partial charge < -0.3 is 0 Å². The summed E-state index contributed by atoms with van der Waals surface area (Å²) in [5, 5.41) is 0.465. The van der Waals surface area contributed by atoms with Crippen molar-refractivity contribution >= 4 is 39.2 Å². The first kappa shape index (κ1) is 20.2. The summed E-state index contributed by atoms with van der Waals surface area (Å²) in [5.41, 5.74) is 2.95. The smallest absolute Gasteiger partial charge is 0.261 e. The summed E-state index contributed by atoms with van der Waals surface area (Å²) in [7, 11) is -3.97.